The molecule has 0 spiro atoms. The zero-order valence-corrected chi connectivity index (χ0v) is 18.7. The average molecular weight is 486 g/mol. The summed E-state index contributed by atoms with van der Waals surface area (Å²) in [6.45, 7) is 0. The summed E-state index contributed by atoms with van der Waals surface area (Å²) in [6.07, 6.45) is 6.92. The summed E-state index contributed by atoms with van der Waals surface area (Å²) >= 11 is 7.38. The van der Waals surface area contributed by atoms with E-state index in [-0.39, 0.29) is 35.9 Å². The Morgan fingerprint density at radius 2 is 1.87 bits per heavy atom. The van der Waals surface area contributed by atoms with Crippen molar-refractivity contribution in [2.75, 3.05) is 11.6 Å². The van der Waals surface area contributed by atoms with Crippen LogP contribution in [-0.4, -0.2) is 21.2 Å². The van der Waals surface area contributed by atoms with Crippen LogP contribution in [0.4, 0.5) is 15.8 Å². The van der Waals surface area contributed by atoms with Crippen LogP contribution in [0, 0.1) is 5.82 Å². The third-order valence-electron chi connectivity index (χ3n) is 4.24. The summed E-state index contributed by atoms with van der Waals surface area (Å²) in [4.78, 5) is 23.8. The van der Waals surface area contributed by atoms with Gasteiger partial charge in [0.05, 0.1) is 27.5 Å². The Balaban J connectivity index is 0.00000160. The van der Waals surface area contributed by atoms with Crippen LogP contribution in [0.1, 0.15) is 0 Å². The highest BCUT2D eigenvalue weighted by atomic mass is 35.5. The van der Waals surface area contributed by atoms with Crippen molar-refractivity contribution in [2.45, 2.75) is 5.03 Å². The first-order valence-corrected chi connectivity index (χ1v) is 9.89. The van der Waals surface area contributed by atoms with Crippen LogP contribution < -0.4 is 10.9 Å². The van der Waals surface area contributed by atoms with Crippen molar-refractivity contribution in [1.82, 2.24) is 15.0 Å². The van der Waals surface area contributed by atoms with Crippen LogP contribution >= 0.6 is 48.2 Å². The Labute approximate surface area is 193 Å². The fraction of sp³-hybridized carbons (Fsp3) is 0.0500. The molecule has 30 heavy (non-hydrogen) atoms. The van der Waals surface area contributed by atoms with E-state index in [0.717, 1.165) is 16.6 Å². The lowest BCUT2D eigenvalue weighted by Crippen LogP contribution is -2.12. The topological polar surface area (TPSA) is 70.7 Å². The normalized spacial score (nSPS) is 10.2. The minimum absolute atomic E-state index is 0. The molecule has 5 nitrogen and oxygen atoms in total. The van der Waals surface area contributed by atoms with Gasteiger partial charge in [0.2, 0.25) is 0 Å². The molecule has 2 N–H and O–H groups in total. The van der Waals surface area contributed by atoms with Gasteiger partial charge in [-0.25, -0.2) is 4.39 Å². The molecular weight excluding hydrogens is 470 g/mol. The van der Waals surface area contributed by atoms with Crippen LogP contribution in [0.3, 0.4) is 0 Å². The molecule has 0 aliphatic carbocycles. The Hall–Kier alpha value is -2.32. The number of aromatic nitrogens is 3. The van der Waals surface area contributed by atoms with E-state index in [0.29, 0.717) is 15.7 Å². The number of hydrogen-bond donors (Lipinski definition) is 2. The lowest BCUT2D eigenvalue weighted by molar-refractivity contribution is 0.631. The summed E-state index contributed by atoms with van der Waals surface area (Å²) < 4.78 is 14.3. The van der Waals surface area contributed by atoms with Crippen LogP contribution in [0.2, 0.25) is 5.02 Å². The number of halogens is 4. The fourth-order valence-electron chi connectivity index (χ4n) is 2.91. The largest absolute Gasteiger partial charge is 0.353 e. The van der Waals surface area contributed by atoms with Gasteiger partial charge in [-0.15, -0.1) is 36.6 Å². The van der Waals surface area contributed by atoms with Gasteiger partial charge in [-0.1, -0.05) is 11.6 Å². The predicted octanol–water partition coefficient (Wildman–Crippen LogP) is 6.09. The molecule has 156 valence electrons. The van der Waals surface area contributed by atoms with Crippen molar-refractivity contribution in [3.63, 3.8) is 0 Å². The molecule has 0 aliphatic rings. The molecule has 0 atom stereocenters. The summed E-state index contributed by atoms with van der Waals surface area (Å²) in [7, 11) is 0. The van der Waals surface area contributed by atoms with Crippen molar-refractivity contribution in [3.05, 3.63) is 76.2 Å². The van der Waals surface area contributed by atoms with E-state index in [1.54, 1.807) is 24.7 Å². The van der Waals surface area contributed by atoms with Crippen molar-refractivity contribution in [3.8, 4) is 11.1 Å². The molecule has 0 bridgehead atoms. The molecule has 0 fully saturated rings. The van der Waals surface area contributed by atoms with E-state index in [2.05, 4.69) is 20.3 Å². The molecule has 0 saturated heterocycles. The van der Waals surface area contributed by atoms with Crippen LogP contribution in [0.15, 0.2) is 64.8 Å². The van der Waals surface area contributed by atoms with E-state index in [1.165, 1.54) is 30.0 Å². The zero-order valence-electron chi connectivity index (χ0n) is 15.5. The van der Waals surface area contributed by atoms with Crippen molar-refractivity contribution >= 4 is 70.5 Å². The second-order valence-electron chi connectivity index (χ2n) is 5.96. The Bertz CT molecular complexity index is 1250. The number of fused-ring (bicyclic) bond motifs is 1. The van der Waals surface area contributed by atoms with Gasteiger partial charge in [-0.2, -0.15) is 0 Å². The number of nitrogens with one attached hydrogen (secondary N) is 2. The molecular formula is C20H16Cl3FN4OS. The quantitative estimate of drug-likeness (QED) is 0.342. The van der Waals surface area contributed by atoms with Gasteiger partial charge in [0.15, 0.2) is 0 Å². The highest BCUT2D eigenvalue weighted by Crippen LogP contribution is 2.32. The summed E-state index contributed by atoms with van der Waals surface area (Å²) in [5, 5.41) is 5.13. The molecule has 4 aromatic rings. The van der Waals surface area contributed by atoms with Crippen molar-refractivity contribution in [2.24, 2.45) is 0 Å². The Kier molecular flexibility index (Phi) is 8.09. The van der Waals surface area contributed by atoms with E-state index in [4.69, 9.17) is 11.6 Å². The molecule has 0 saturated carbocycles. The Morgan fingerprint density at radius 1 is 1.07 bits per heavy atom. The van der Waals surface area contributed by atoms with Gasteiger partial charge in [-0.05, 0) is 42.7 Å². The second kappa shape index (κ2) is 10.1. The summed E-state index contributed by atoms with van der Waals surface area (Å²) in [5.41, 5.74) is 2.15. The standard InChI is InChI=1S/C20H14ClFN4OS.2ClH/c1-28-20-18(25-17-5-7-24-16-4-6-23-10-14(16)17)9-13(19(27)26-20)12-8-11(21)2-3-15(12)22;;/h2-10H,1H3,(H,24,25)(H,26,27);2*1H. The number of H-pyrrole nitrogens is 1. The number of benzene rings is 1. The van der Waals surface area contributed by atoms with Crippen molar-refractivity contribution in [1.29, 1.82) is 0 Å². The first-order chi connectivity index (χ1) is 13.6. The predicted molar refractivity (Wildman–Crippen MR) is 127 cm³/mol. The first kappa shape index (κ1) is 24.0. The number of anilines is 2. The van der Waals surface area contributed by atoms with Crippen molar-refractivity contribution < 1.29 is 4.39 Å². The zero-order chi connectivity index (χ0) is 19.7. The average Bonchev–Trinajstić information content (AvgIpc) is 2.71. The molecule has 0 radical (unpaired) electrons. The van der Waals surface area contributed by atoms with E-state index >= 15 is 0 Å². The minimum atomic E-state index is -0.517. The van der Waals surface area contributed by atoms with E-state index < -0.39 is 11.4 Å². The maximum atomic E-state index is 14.3. The SMILES string of the molecule is CSc1[nH]c(=O)c(-c2cc(Cl)ccc2F)cc1Nc1ccnc2ccncc12.Cl.Cl. The van der Waals surface area contributed by atoms with Gasteiger partial charge in [0.1, 0.15) is 5.82 Å². The molecule has 3 heterocycles. The molecule has 3 aromatic heterocycles. The third-order valence-corrected chi connectivity index (χ3v) is 5.21. The lowest BCUT2D eigenvalue weighted by Gasteiger charge is -2.14. The van der Waals surface area contributed by atoms with Gasteiger partial charge in [0.25, 0.3) is 5.56 Å². The highest BCUT2D eigenvalue weighted by molar-refractivity contribution is 7.98. The van der Waals surface area contributed by atoms with Crippen LogP contribution in [0.25, 0.3) is 22.0 Å². The molecule has 0 aliphatic heterocycles. The van der Waals surface area contributed by atoms with Crippen LogP contribution in [-0.2, 0) is 0 Å². The van der Waals surface area contributed by atoms with Gasteiger partial charge < -0.3 is 10.3 Å². The Morgan fingerprint density at radius 3 is 2.63 bits per heavy atom. The first-order valence-electron chi connectivity index (χ1n) is 8.29. The molecule has 1 aromatic carbocycles. The number of thioether (sulfide) groups is 1. The maximum absolute atomic E-state index is 14.3. The molecule has 0 amide bonds. The van der Waals surface area contributed by atoms with E-state index in [9.17, 15) is 9.18 Å². The minimum Gasteiger partial charge on any atom is -0.353 e. The third kappa shape index (κ3) is 4.70. The fourth-order valence-corrected chi connectivity index (χ4v) is 3.61. The number of aromatic amines is 1. The second-order valence-corrected chi connectivity index (χ2v) is 7.21. The number of nitrogens with zero attached hydrogens (tertiary/aromatic N) is 2. The summed E-state index contributed by atoms with van der Waals surface area (Å²) in [5.74, 6) is -0.517. The van der Waals surface area contributed by atoms with Gasteiger partial charge in [0, 0.05) is 34.6 Å². The number of pyridine rings is 3. The maximum Gasteiger partial charge on any atom is 0.256 e. The molecule has 0 unspecified atom stereocenters. The van der Waals surface area contributed by atoms with Gasteiger partial charge >= 0.3 is 0 Å². The monoisotopic (exact) mass is 484 g/mol. The summed E-state index contributed by atoms with van der Waals surface area (Å²) in [6, 6.07) is 9.39. The highest BCUT2D eigenvalue weighted by Gasteiger charge is 2.15. The molecule has 10 heteroatoms. The number of hydrogen-bond acceptors (Lipinski definition) is 5. The van der Waals surface area contributed by atoms with Crippen LogP contribution in [0.5, 0.6) is 0 Å². The molecule has 4 rings (SSSR count). The van der Waals surface area contributed by atoms with E-state index in [1.807, 2.05) is 18.4 Å². The lowest BCUT2D eigenvalue weighted by atomic mass is 10.1. The smallest absolute Gasteiger partial charge is 0.256 e. The number of rotatable bonds is 4. The van der Waals surface area contributed by atoms with Gasteiger partial charge in [-0.3, -0.25) is 14.8 Å².